The van der Waals surface area contributed by atoms with Crippen LogP contribution in [0.1, 0.15) is 5.56 Å². The maximum atomic E-state index is 5.83. The third-order valence-electron chi connectivity index (χ3n) is 3.74. The average Bonchev–Trinajstić information content (AvgIpc) is 2.92. The van der Waals surface area contributed by atoms with Crippen molar-refractivity contribution in [3.63, 3.8) is 0 Å². The van der Waals surface area contributed by atoms with Crippen molar-refractivity contribution in [2.45, 2.75) is 6.92 Å². The molecule has 0 bridgehead atoms. The standard InChI is InChI=1S/C17H13ClN6S/c1-9-11-8-10(22-14-5-7-20-16(18)24-14)2-3-13(11)25-15(9)12-4-6-21-17(19)23-12/h2-8H,1H3,(H2,19,21,23)(H,20,22,24). The predicted molar refractivity (Wildman–Crippen MR) is 102 cm³/mol. The molecule has 4 aromatic rings. The lowest BCUT2D eigenvalue weighted by atomic mass is 10.1. The molecule has 4 rings (SSSR count). The number of fused-ring (bicyclic) bond motifs is 1. The van der Waals surface area contributed by atoms with Crippen LogP contribution in [0.3, 0.4) is 0 Å². The fourth-order valence-electron chi connectivity index (χ4n) is 2.60. The van der Waals surface area contributed by atoms with Gasteiger partial charge in [-0.1, -0.05) is 0 Å². The first-order valence-corrected chi connectivity index (χ1v) is 8.67. The Kier molecular flexibility index (Phi) is 3.95. The van der Waals surface area contributed by atoms with Crippen molar-refractivity contribution in [3.8, 4) is 10.6 Å². The number of nitrogens with one attached hydrogen (secondary N) is 1. The molecule has 0 spiro atoms. The SMILES string of the molecule is Cc1c(-c2ccnc(N)n2)sc2ccc(Nc3ccnc(Cl)n3)cc12. The summed E-state index contributed by atoms with van der Waals surface area (Å²) in [6.45, 7) is 2.08. The molecule has 3 heterocycles. The Hall–Kier alpha value is -2.77. The Bertz CT molecular complexity index is 1080. The normalized spacial score (nSPS) is 11.0. The summed E-state index contributed by atoms with van der Waals surface area (Å²) < 4.78 is 1.18. The monoisotopic (exact) mass is 368 g/mol. The molecule has 124 valence electrons. The van der Waals surface area contributed by atoms with E-state index in [1.807, 2.05) is 12.1 Å². The van der Waals surface area contributed by atoms with E-state index in [2.05, 4.69) is 44.3 Å². The summed E-state index contributed by atoms with van der Waals surface area (Å²) in [5, 5.41) is 4.61. The second kappa shape index (κ2) is 6.27. The number of nitrogens with two attached hydrogens (primary N) is 1. The minimum absolute atomic E-state index is 0.210. The van der Waals surface area contributed by atoms with Gasteiger partial charge in [-0.2, -0.15) is 0 Å². The molecule has 0 saturated carbocycles. The minimum Gasteiger partial charge on any atom is -0.368 e. The highest BCUT2D eigenvalue weighted by Gasteiger charge is 2.12. The van der Waals surface area contributed by atoms with Crippen LogP contribution in [0.15, 0.2) is 42.7 Å². The van der Waals surface area contributed by atoms with Gasteiger partial charge in [-0.15, -0.1) is 11.3 Å². The lowest BCUT2D eigenvalue weighted by Gasteiger charge is -2.06. The number of hydrogen-bond donors (Lipinski definition) is 2. The van der Waals surface area contributed by atoms with Crippen LogP contribution >= 0.6 is 22.9 Å². The van der Waals surface area contributed by atoms with E-state index in [0.717, 1.165) is 27.2 Å². The van der Waals surface area contributed by atoms with E-state index in [1.54, 1.807) is 29.8 Å². The fraction of sp³-hybridized carbons (Fsp3) is 0.0588. The third-order valence-corrected chi connectivity index (χ3v) is 5.22. The van der Waals surface area contributed by atoms with E-state index in [0.29, 0.717) is 5.82 Å². The summed E-state index contributed by atoms with van der Waals surface area (Å²) in [5.74, 6) is 0.924. The first-order chi connectivity index (χ1) is 12.1. The Morgan fingerprint density at radius 3 is 2.72 bits per heavy atom. The fourth-order valence-corrected chi connectivity index (χ4v) is 3.90. The number of nitrogen functional groups attached to an aromatic ring is 1. The summed E-state index contributed by atoms with van der Waals surface area (Å²) >= 11 is 7.52. The van der Waals surface area contributed by atoms with Gasteiger partial charge >= 0.3 is 0 Å². The molecule has 0 aliphatic heterocycles. The van der Waals surface area contributed by atoms with Gasteiger partial charge in [0, 0.05) is 22.8 Å². The molecule has 0 fully saturated rings. The van der Waals surface area contributed by atoms with Crippen molar-refractivity contribution >= 4 is 50.5 Å². The Morgan fingerprint density at radius 1 is 1.08 bits per heavy atom. The molecule has 0 saturated heterocycles. The zero-order valence-electron chi connectivity index (χ0n) is 13.2. The minimum atomic E-state index is 0.210. The number of aromatic nitrogens is 4. The zero-order valence-corrected chi connectivity index (χ0v) is 14.8. The van der Waals surface area contributed by atoms with Crippen molar-refractivity contribution in [1.29, 1.82) is 0 Å². The number of aryl methyl sites for hydroxylation is 1. The van der Waals surface area contributed by atoms with Crippen LogP contribution in [0.2, 0.25) is 5.28 Å². The highest BCUT2D eigenvalue weighted by atomic mass is 35.5. The van der Waals surface area contributed by atoms with Crippen LogP contribution in [0.25, 0.3) is 20.7 Å². The number of hydrogen-bond acceptors (Lipinski definition) is 7. The van der Waals surface area contributed by atoms with Crippen LogP contribution in [0, 0.1) is 6.92 Å². The van der Waals surface area contributed by atoms with Crippen molar-refractivity contribution < 1.29 is 0 Å². The lowest BCUT2D eigenvalue weighted by Crippen LogP contribution is -1.95. The van der Waals surface area contributed by atoms with Gasteiger partial charge in [0.25, 0.3) is 0 Å². The first kappa shape index (κ1) is 15.7. The Balaban J connectivity index is 1.75. The Labute approximate surface area is 152 Å². The van der Waals surface area contributed by atoms with E-state index in [1.165, 1.54) is 4.70 Å². The summed E-state index contributed by atoms with van der Waals surface area (Å²) in [6, 6.07) is 9.81. The zero-order chi connectivity index (χ0) is 17.4. The second-order valence-corrected chi connectivity index (χ2v) is 6.79. The van der Waals surface area contributed by atoms with E-state index in [-0.39, 0.29) is 11.2 Å². The van der Waals surface area contributed by atoms with Crippen LogP contribution in [0.5, 0.6) is 0 Å². The van der Waals surface area contributed by atoms with Crippen molar-refractivity contribution in [1.82, 2.24) is 19.9 Å². The number of anilines is 3. The van der Waals surface area contributed by atoms with Gasteiger partial charge < -0.3 is 11.1 Å². The van der Waals surface area contributed by atoms with Crippen LogP contribution in [-0.4, -0.2) is 19.9 Å². The van der Waals surface area contributed by atoms with E-state index in [4.69, 9.17) is 17.3 Å². The molecule has 3 aromatic heterocycles. The van der Waals surface area contributed by atoms with Crippen LogP contribution in [-0.2, 0) is 0 Å². The van der Waals surface area contributed by atoms with Gasteiger partial charge in [0.15, 0.2) is 0 Å². The molecule has 0 radical (unpaired) electrons. The maximum absolute atomic E-state index is 5.83. The lowest BCUT2D eigenvalue weighted by molar-refractivity contribution is 1.17. The molecule has 0 aliphatic rings. The van der Waals surface area contributed by atoms with E-state index >= 15 is 0 Å². The average molecular weight is 369 g/mol. The van der Waals surface area contributed by atoms with Gasteiger partial charge in [-0.05, 0) is 59.8 Å². The van der Waals surface area contributed by atoms with Crippen LogP contribution < -0.4 is 11.1 Å². The Morgan fingerprint density at radius 2 is 1.92 bits per heavy atom. The molecule has 6 nitrogen and oxygen atoms in total. The molecule has 8 heteroatoms. The molecule has 3 N–H and O–H groups in total. The molecule has 0 unspecified atom stereocenters. The van der Waals surface area contributed by atoms with Gasteiger partial charge in [-0.25, -0.2) is 19.9 Å². The quantitative estimate of drug-likeness (QED) is 0.520. The van der Waals surface area contributed by atoms with Gasteiger partial charge in [-0.3, -0.25) is 0 Å². The molecule has 0 aliphatic carbocycles. The van der Waals surface area contributed by atoms with Crippen LogP contribution in [0.4, 0.5) is 17.5 Å². The molecule has 25 heavy (non-hydrogen) atoms. The largest absolute Gasteiger partial charge is 0.368 e. The highest BCUT2D eigenvalue weighted by molar-refractivity contribution is 7.22. The topological polar surface area (TPSA) is 89.6 Å². The third kappa shape index (κ3) is 3.11. The molecule has 1 aromatic carbocycles. The van der Waals surface area contributed by atoms with E-state index < -0.39 is 0 Å². The molecular weight excluding hydrogens is 356 g/mol. The first-order valence-electron chi connectivity index (χ1n) is 7.48. The van der Waals surface area contributed by atoms with Crippen molar-refractivity contribution in [2.75, 3.05) is 11.1 Å². The maximum Gasteiger partial charge on any atom is 0.224 e. The number of benzene rings is 1. The van der Waals surface area contributed by atoms with Crippen molar-refractivity contribution in [2.24, 2.45) is 0 Å². The number of nitrogens with zero attached hydrogens (tertiary/aromatic N) is 4. The summed E-state index contributed by atoms with van der Waals surface area (Å²) in [5.41, 5.74) is 8.63. The van der Waals surface area contributed by atoms with Gasteiger partial charge in [0.1, 0.15) is 5.82 Å². The summed E-state index contributed by atoms with van der Waals surface area (Å²) in [6.07, 6.45) is 3.29. The molecular formula is C17H13ClN6S. The number of thiophene rings is 1. The van der Waals surface area contributed by atoms with E-state index in [9.17, 15) is 0 Å². The highest BCUT2D eigenvalue weighted by Crippen LogP contribution is 2.38. The summed E-state index contributed by atoms with van der Waals surface area (Å²) in [7, 11) is 0. The summed E-state index contributed by atoms with van der Waals surface area (Å²) in [4.78, 5) is 17.4. The smallest absolute Gasteiger partial charge is 0.224 e. The van der Waals surface area contributed by atoms with Gasteiger partial charge in [0.05, 0.1) is 10.6 Å². The second-order valence-electron chi connectivity index (χ2n) is 5.40. The molecule has 0 amide bonds. The van der Waals surface area contributed by atoms with Gasteiger partial charge in [0.2, 0.25) is 11.2 Å². The number of rotatable bonds is 3. The predicted octanol–water partition coefficient (Wildman–Crippen LogP) is 4.44. The van der Waals surface area contributed by atoms with Crippen molar-refractivity contribution in [3.05, 3.63) is 53.6 Å². The molecule has 0 atom stereocenters. The number of halogens is 1.